The molecule has 0 saturated carbocycles. The molecule has 20 heavy (non-hydrogen) atoms. The highest BCUT2D eigenvalue weighted by Gasteiger charge is 2.10. The maximum absolute atomic E-state index is 12.1. The van der Waals surface area contributed by atoms with Crippen molar-refractivity contribution in [2.45, 2.75) is 46.1 Å². The molecule has 1 unspecified atom stereocenters. The fourth-order valence-corrected chi connectivity index (χ4v) is 1.92. The maximum Gasteiger partial charge on any atom is 0.251 e. The molecule has 3 nitrogen and oxygen atoms in total. The summed E-state index contributed by atoms with van der Waals surface area (Å²) in [7, 11) is 0. The Hall–Kier alpha value is -1.79. The Kier molecular flexibility index (Phi) is 6.83. The zero-order chi connectivity index (χ0) is 15.0. The Morgan fingerprint density at radius 3 is 2.85 bits per heavy atom. The van der Waals surface area contributed by atoms with Crippen molar-refractivity contribution in [3.63, 3.8) is 0 Å². The summed E-state index contributed by atoms with van der Waals surface area (Å²) in [6.07, 6.45) is 2.47. The van der Waals surface area contributed by atoms with E-state index >= 15 is 0 Å². The van der Waals surface area contributed by atoms with E-state index in [0.29, 0.717) is 12.0 Å². The third-order valence-electron chi connectivity index (χ3n) is 3.06. The van der Waals surface area contributed by atoms with E-state index < -0.39 is 0 Å². The molecule has 0 aliphatic rings. The fraction of sp³-hybridized carbons (Fsp3) is 0.471. The minimum absolute atomic E-state index is 0.0563. The average molecular weight is 273 g/mol. The lowest BCUT2D eigenvalue weighted by Gasteiger charge is -2.13. The van der Waals surface area contributed by atoms with E-state index in [1.54, 1.807) is 0 Å². The van der Waals surface area contributed by atoms with Crippen LogP contribution in [0.15, 0.2) is 18.2 Å². The van der Waals surface area contributed by atoms with Crippen LogP contribution >= 0.6 is 0 Å². The van der Waals surface area contributed by atoms with Gasteiger partial charge in [-0.2, -0.15) is 0 Å². The van der Waals surface area contributed by atoms with Crippen molar-refractivity contribution >= 4 is 5.91 Å². The van der Waals surface area contributed by atoms with Crippen molar-refractivity contribution in [1.29, 1.82) is 0 Å². The molecule has 1 amide bonds. The summed E-state index contributed by atoms with van der Waals surface area (Å²) < 4.78 is 0. The van der Waals surface area contributed by atoms with Gasteiger partial charge >= 0.3 is 0 Å². The predicted molar refractivity (Wildman–Crippen MR) is 81.6 cm³/mol. The minimum Gasteiger partial charge on any atom is -0.395 e. The van der Waals surface area contributed by atoms with Gasteiger partial charge in [0.15, 0.2) is 0 Å². The Morgan fingerprint density at radius 1 is 1.45 bits per heavy atom. The molecule has 0 saturated heterocycles. The van der Waals surface area contributed by atoms with E-state index in [1.165, 1.54) is 0 Å². The number of benzene rings is 1. The second kappa shape index (κ2) is 8.39. The molecule has 1 aromatic rings. The van der Waals surface area contributed by atoms with E-state index in [4.69, 9.17) is 5.11 Å². The number of hydrogen-bond acceptors (Lipinski definition) is 2. The third-order valence-corrected chi connectivity index (χ3v) is 3.06. The molecule has 1 atom stereocenters. The predicted octanol–water partition coefficient (Wildman–Crippen LogP) is 2.65. The normalized spacial score (nSPS) is 11.4. The van der Waals surface area contributed by atoms with Gasteiger partial charge in [0, 0.05) is 23.6 Å². The Morgan fingerprint density at radius 2 is 2.20 bits per heavy atom. The van der Waals surface area contributed by atoms with Crippen LogP contribution in [0, 0.1) is 18.8 Å². The average Bonchev–Trinajstić information content (AvgIpc) is 2.41. The minimum atomic E-state index is -0.0591. The third kappa shape index (κ3) is 5.07. The standard InChI is InChI=1S/C17H23NO2/c1-4-7-14(3)18-17(20)16-10-9-13(2)15(12-16)8-5-6-11-19/h9-10,12,14,19H,4,6-7,11H2,1-3H3,(H,18,20). The van der Waals surface area contributed by atoms with Crippen LogP contribution in [0.25, 0.3) is 0 Å². The number of rotatable bonds is 5. The Bertz CT molecular complexity index is 511. The molecule has 0 aliphatic heterocycles. The van der Waals surface area contributed by atoms with E-state index in [-0.39, 0.29) is 18.6 Å². The lowest BCUT2D eigenvalue weighted by molar-refractivity contribution is 0.0938. The molecule has 0 bridgehead atoms. The molecule has 108 valence electrons. The quantitative estimate of drug-likeness (QED) is 0.810. The van der Waals surface area contributed by atoms with Crippen LogP contribution in [0.3, 0.4) is 0 Å². The van der Waals surface area contributed by atoms with Crippen LogP contribution < -0.4 is 5.32 Å². The first-order valence-electron chi connectivity index (χ1n) is 7.09. The highest BCUT2D eigenvalue weighted by molar-refractivity contribution is 5.94. The lowest BCUT2D eigenvalue weighted by Crippen LogP contribution is -2.32. The van der Waals surface area contributed by atoms with E-state index in [9.17, 15) is 4.79 Å². The molecule has 1 aromatic carbocycles. The Balaban J connectivity index is 2.84. The first-order chi connectivity index (χ1) is 9.58. The number of nitrogens with one attached hydrogen (secondary N) is 1. The second-order valence-electron chi connectivity index (χ2n) is 4.97. The van der Waals surface area contributed by atoms with Crippen molar-refractivity contribution in [3.8, 4) is 11.8 Å². The topological polar surface area (TPSA) is 49.3 Å². The lowest BCUT2D eigenvalue weighted by atomic mass is 10.0. The molecule has 0 aliphatic carbocycles. The van der Waals surface area contributed by atoms with Crippen molar-refractivity contribution in [2.75, 3.05) is 6.61 Å². The highest BCUT2D eigenvalue weighted by atomic mass is 16.2. The van der Waals surface area contributed by atoms with Gasteiger partial charge in [-0.25, -0.2) is 0 Å². The number of aryl methyl sites for hydroxylation is 1. The van der Waals surface area contributed by atoms with Gasteiger partial charge in [0.1, 0.15) is 0 Å². The van der Waals surface area contributed by atoms with Crippen molar-refractivity contribution in [1.82, 2.24) is 5.32 Å². The smallest absolute Gasteiger partial charge is 0.251 e. The number of aliphatic hydroxyl groups is 1. The first-order valence-corrected chi connectivity index (χ1v) is 7.09. The number of carbonyl (C=O) groups excluding carboxylic acids is 1. The van der Waals surface area contributed by atoms with Crippen LogP contribution in [-0.2, 0) is 0 Å². The van der Waals surface area contributed by atoms with Gasteiger partial charge in [-0.1, -0.05) is 31.3 Å². The summed E-state index contributed by atoms with van der Waals surface area (Å²) in [6, 6.07) is 5.72. The molecule has 0 radical (unpaired) electrons. The van der Waals surface area contributed by atoms with Crippen molar-refractivity contribution in [3.05, 3.63) is 34.9 Å². The summed E-state index contributed by atoms with van der Waals surface area (Å²) in [5.74, 6) is 5.83. The molecule has 0 fully saturated rings. The largest absolute Gasteiger partial charge is 0.395 e. The van der Waals surface area contributed by atoms with E-state index in [1.807, 2.05) is 32.0 Å². The van der Waals surface area contributed by atoms with Gasteiger partial charge in [0.05, 0.1) is 6.61 Å². The summed E-state index contributed by atoms with van der Waals surface area (Å²) in [4.78, 5) is 12.1. The summed E-state index contributed by atoms with van der Waals surface area (Å²) >= 11 is 0. The van der Waals surface area contributed by atoms with Gasteiger partial charge in [0.2, 0.25) is 0 Å². The van der Waals surface area contributed by atoms with Crippen LogP contribution in [-0.4, -0.2) is 23.7 Å². The van der Waals surface area contributed by atoms with Crippen LogP contribution in [0.5, 0.6) is 0 Å². The molecular formula is C17H23NO2. The SMILES string of the molecule is CCCC(C)NC(=O)c1ccc(C)c(C#CCCO)c1. The van der Waals surface area contributed by atoms with Crippen molar-refractivity contribution < 1.29 is 9.90 Å². The Labute approximate surface area is 121 Å². The van der Waals surface area contributed by atoms with Gasteiger partial charge < -0.3 is 10.4 Å². The number of hydrogen-bond donors (Lipinski definition) is 2. The van der Waals surface area contributed by atoms with Gasteiger partial charge in [-0.3, -0.25) is 4.79 Å². The van der Waals surface area contributed by atoms with E-state index in [2.05, 4.69) is 24.1 Å². The molecule has 1 rings (SSSR count). The molecule has 3 heteroatoms. The fourth-order valence-electron chi connectivity index (χ4n) is 1.92. The molecule has 0 spiro atoms. The van der Waals surface area contributed by atoms with Gasteiger partial charge in [-0.15, -0.1) is 0 Å². The summed E-state index contributed by atoms with van der Waals surface area (Å²) in [5, 5.41) is 11.7. The highest BCUT2D eigenvalue weighted by Crippen LogP contribution is 2.11. The summed E-state index contributed by atoms with van der Waals surface area (Å²) in [6.45, 7) is 6.13. The number of carbonyl (C=O) groups is 1. The van der Waals surface area contributed by atoms with Crippen molar-refractivity contribution in [2.24, 2.45) is 0 Å². The van der Waals surface area contributed by atoms with Gasteiger partial charge in [-0.05, 0) is 38.0 Å². The molecular weight excluding hydrogens is 250 g/mol. The zero-order valence-electron chi connectivity index (χ0n) is 12.5. The molecule has 0 aromatic heterocycles. The molecule has 0 heterocycles. The number of aliphatic hydroxyl groups excluding tert-OH is 1. The maximum atomic E-state index is 12.1. The monoisotopic (exact) mass is 273 g/mol. The van der Waals surface area contributed by atoms with Crippen LogP contribution in [0.2, 0.25) is 0 Å². The number of amides is 1. The van der Waals surface area contributed by atoms with E-state index in [0.717, 1.165) is 24.0 Å². The summed E-state index contributed by atoms with van der Waals surface area (Å²) in [5.41, 5.74) is 2.51. The zero-order valence-corrected chi connectivity index (χ0v) is 12.5. The van der Waals surface area contributed by atoms with Crippen LogP contribution in [0.4, 0.5) is 0 Å². The van der Waals surface area contributed by atoms with Gasteiger partial charge in [0.25, 0.3) is 5.91 Å². The first kappa shape index (κ1) is 16.3. The molecule has 2 N–H and O–H groups in total. The second-order valence-corrected chi connectivity index (χ2v) is 4.97. The van der Waals surface area contributed by atoms with Crippen LogP contribution in [0.1, 0.15) is 54.6 Å².